The van der Waals surface area contributed by atoms with E-state index in [1.807, 2.05) is 78.9 Å². The topological polar surface area (TPSA) is 67.9 Å². The van der Waals surface area contributed by atoms with Crippen molar-refractivity contribution in [2.75, 3.05) is 13.2 Å². The van der Waals surface area contributed by atoms with Gasteiger partial charge in [0.15, 0.2) is 6.29 Å². The van der Waals surface area contributed by atoms with E-state index in [4.69, 9.17) is 32.7 Å². The molecule has 0 bridgehead atoms. The van der Waals surface area contributed by atoms with Crippen molar-refractivity contribution in [3.63, 3.8) is 0 Å². The smallest absolute Gasteiger partial charge is 0.262 e. The summed E-state index contributed by atoms with van der Waals surface area (Å²) in [5, 5.41) is 0. The molecule has 280 valence electrons. The Labute approximate surface area is 319 Å². The summed E-state index contributed by atoms with van der Waals surface area (Å²) in [5.74, 6) is 0. The molecule has 5 aromatic rings. The molecule has 3 fully saturated rings. The van der Waals surface area contributed by atoms with Crippen LogP contribution in [0.1, 0.15) is 46.8 Å². The van der Waals surface area contributed by atoms with Crippen molar-refractivity contribution >= 4 is 8.53 Å². The quantitative estimate of drug-likeness (QED) is 0.0928. The maximum absolute atomic E-state index is 7.04. The maximum atomic E-state index is 7.04. The fourth-order valence-corrected chi connectivity index (χ4v) is 9.33. The van der Waals surface area contributed by atoms with Crippen molar-refractivity contribution in [2.24, 2.45) is 0 Å². The van der Waals surface area contributed by atoms with Gasteiger partial charge in [0.25, 0.3) is 8.53 Å². The summed E-state index contributed by atoms with van der Waals surface area (Å²) in [6, 6.07) is 51.4. The number of rotatable bonds is 16. The predicted molar refractivity (Wildman–Crippen MR) is 208 cm³/mol. The molecule has 8 rings (SSSR count). The van der Waals surface area contributed by atoms with Crippen LogP contribution < -0.4 is 0 Å². The van der Waals surface area contributed by atoms with Crippen molar-refractivity contribution in [3.05, 3.63) is 179 Å². The fraction of sp³-hybridized carbons (Fsp3) is 0.333. The summed E-state index contributed by atoms with van der Waals surface area (Å²) in [6.07, 6.45) is -1.05. The lowest BCUT2D eigenvalue weighted by molar-refractivity contribution is -0.310. The molecule has 8 atom stereocenters. The van der Waals surface area contributed by atoms with Crippen LogP contribution in [-0.2, 0) is 59.2 Å². The van der Waals surface area contributed by atoms with E-state index in [1.54, 1.807) is 0 Å². The Kier molecular flexibility index (Phi) is 12.9. The number of hydrogen-bond acceptors (Lipinski definition) is 8. The van der Waals surface area contributed by atoms with Crippen molar-refractivity contribution in [2.45, 2.75) is 82.1 Å². The Balaban J connectivity index is 1.11. The largest absolute Gasteiger partial charge is 0.374 e. The van der Waals surface area contributed by atoms with Gasteiger partial charge in [-0.05, 0) is 40.7 Å². The summed E-state index contributed by atoms with van der Waals surface area (Å²) in [7, 11) is -1.47. The van der Waals surface area contributed by atoms with E-state index >= 15 is 0 Å². The second kappa shape index (κ2) is 18.7. The van der Waals surface area contributed by atoms with Gasteiger partial charge in [-0.15, -0.1) is 0 Å². The molecule has 54 heavy (non-hydrogen) atoms. The van der Waals surface area contributed by atoms with E-state index < -0.39 is 39.2 Å². The standard InChI is InChI=1S/C45H48NO7P/c1-6-17-34(18-7-1)29-47-33-40-42(48-30-35-19-8-2-9-20-35)43(49-31-36-21-10-3-11-22-36)44(50-32-37-23-12-4-13-24-37)45(51-40)53-54-46-28-16-27-39(46)41(52-54)38-25-14-5-15-26-38/h1-15,17-26,39-45H,16,27-33H2/t39-,40+,41+,42+,43-,44-,45+,54+/m0/s1. The number of ether oxygens (including phenoxy) is 5. The van der Waals surface area contributed by atoms with Crippen LogP contribution in [0.2, 0.25) is 0 Å². The van der Waals surface area contributed by atoms with E-state index in [0.717, 1.165) is 47.2 Å². The maximum Gasteiger partial charge on any atom is 0.262 e. The second-order valence-corrected chi connectivity index (χ2v) is 15.4. The van der Waals surface area contributed by atoms with E-state index in [2.05, 4.69) is 77.5 Å². The lowest BCUT2D eigenvalue weighted by Gasteiger charge is -2.46. The molecule has 0 unspecified atom stereocenters. The van der Waals surface area contributed by atoms with Crippen LogP contribution in [-0.4, -0.2) is 54.6 Å². The van der Waals surface area contributed by atoms with Crippen LogP contribution in [0, 0.1) is 0 Å². The molecule has 0 aliphatic carbocycles. The molecule has 0 radical (unpaired) electrons. The van der Waals surface area contributed by atoms with Gasteiger partial charge in [0.05, 0.1) is 33.0 Å². The van der Waals surface area contributed by atoms with Crippen LogP contribution in [0.15, 0.2) is 152 Å². The molecular formula is C45H48NO7P. The third kappa shape index (κ3) is 9.35. The summed E-state index contributed by atoms with van der Waals surface area (Å²) in [6.45, 7) is 2.69. The van der Waals surface area contributed by atoms with Gasteiger partial charge >= 0.3 is 0 Å². The van der Waals surface area contributed by atoms with Crippen LogP contribution in [0.4, 0.5) is 0 Å². The highest BCUT2D eigenvalue weighted by molar-refractivity contribution is 7.44. The van der Waals surface area contributed by atoms with Gasteiger partial charge < -0.3 is 28.2 Å². The molecule has 0 amide bonds. The van der Waals surface area contributed by atoms with Crippen molar-refractivity contribution in [3.8, 4) is 0 Å². The summed E-state index contributed by atoms with van der Waals surface area (Å²) in [5.41, 5.74) is 5.39. The molecule has 8 nitrogen and oxygen atoms in total. The first-order valence-corrected chi connectivity index (χ1v) is 20.1. The Morgan fingerprint density at radius 3 is 1.59 bits per heavy atom. The second-order valence-electron chi connectivity index (χ2n) is 14.0. The van der Waals surface area contributed by atoms with Crippen molar-refractivity contribution < 1.29 is 32.7 Å². The number of benzene rings is 5. The van der Waals surface area contributed by atoms with E-state index in [1.165, 1.54) is 0 Å². The molecule has 3 aliphatic heterocycles. The Morgan fingerprint density at radius 2 is 1.04 bits per heavy atom. The van der Waals surface area contributed by atoms with Crippen LogP contribution in [0.25, 0.3) is 0 Å². The van der Waals surface area contributed by atoms with Crippen LogP contribution in [0.3, 0.4) is 0 Å². The molecule has 3 aliphatic rings. The van der Waals surface area contributed by atoms with Gasteiger partial charge in [-0.25, -0.2) is 4.67 Å². The Bertz CT molecular complexity index is 1820. The molecule has 9 heteroatoms. The first-order valence-electron chi connectivity index (χ1n) is 19.0. The molecule has 3 heterocycles. The van der Waals surface area contributed by atoms with Gasteiger partial charge in [-0.3, -0.25) is 4.52 Å². The van der Waals surface area contributed by atoms with Crippen molar-refractivity contribution in [1.82, 2.24) is 4.67 Å². The predicted octanol–water partition coefficient (Wildman–Crippen LogP) is 9.16. The minimum Gasteiger partial charge on any atom is -0.374 e. The van der Waals surface area contributed by atoms with E-state index in [-0.39, 0.29) is 18.8 Å². The third-order valence-corrected chi connectivity index (χ3v) is 11.9. The molecule has 5 aromatic carbocycles. The van der Waals surface area contributed by atoms with Crippen LogP contribution in [0.5, 0.6) is 0 Å². The van der Waals surface area contributed by atoms with Gasteiger partial charge in [0, 0.05) is 12.6 Å². The van der Waals surface area contributed by atoms with E-state index in [0.29, 0.717) is 26.4 Å². The zero-order valence-electron chi connectivity index (χ0n) is 30.4. The van der Waals surface area contributed by atoms with Gasteiger partial charge in [-0.1, -0.05) is 152 Å². The zero-order valence-corrected chi connectivity index (χ0v) is 31.3. The Hall–Kier alpha value is -3.79. The van der Waals surface area contributed by atoms with Gasteiger partial charge in [-0.2, -0.15) is 0 Å². The van der Waals surface area contributed by atoms with Crippen molar-refractivity contribution in [1.29, 1.82) is 0 Å². The lowest BCUT2D eigenvalue weighted by atomic mass is 9.98. The first kappa shape index (κ1) is 37.1. The molecule has 0 aromatic heterocycles. The SMILES string of the molecule is c1ccc(COC[C@H]2O[C@H](O[P@@]3O[C@H](c4ccccc4)[C@@H]4CCCN43)[C@@H](OCc3ccccc3)[C@@H](OCc3ccccc3)[C@@H]2OCc2ccccc2)cc1. The minimum atomic E-state index is -1.47. The number of nitrogens with zero attached hydrogens (tertiary/aromatic N) is 1. The highest BCUT2D eigenvalue weighted by Crippen LogP contribution is 2.61. The molecule has 0 spiro atoms. The normalized spacial score (nSPS) is 26.8. The highest BCUT2D eigenvalue weighted by atomic mass is 31.2. The summed E-state index contributed by atoms with van der Waals surface area (Å²) < 4.78 is 50.3. The highest BCUT2D eigenvalue weighted by Gasteiger charge is 2.53. The first-order chi connectivity index (χ1) is 26.8. The van der Waals surface area contributed by atoms with Gasteiger partial charge in [0.1, 0.15) is 30.5 Å². The number of fused-ring (bicyclic) bond motifs is 1. The number of hydrogen-bond donors (Lipinski definition) is 0. The molecule has 0 saturated carbocycles. The summed E-state index contributed by atoms with van der Waals surface area (Å²) >= 11 is 0. The fourth-order valence-electron chi connectivity index (χ4n) is 7.45. The lowest BCUT2D eigenvalue weighted by Crippen LogP contribution is -2.61. The zero-order chi connectivity index (χ0) is 36.4. The molecular weight excluding hydrogens is 697 g/mol. The monoisotopic (exact) mass is 745 g/mol. The van der Waals surface area contributed by atoms with E-state index in [9.17, 15) is 0 Å². The van der Waals surface area contributed by atoms with Crippen LogP contribution >= 0.6 is 8.53 Å². The summed E-state index contributed by atoms with van der Waals surface area (Å²) in [4.78, 5) is 0. The average Bonchev–Trinajstić information content (AvgIpc) is 3.85. The molecule has 3 saturated heterocycles. The average molecular weight is 746 g/mol. The molecule has 0 N–H and O–H groups in total. The third-order valence-electron chi connectivity index (χ3n) is 10.2. The van der Waals surface area contributed by atoms with Gasteiger partial charge in [0.2, 0.25) is 0 Å². The Morgan fingerprint density at radius 1 is 0.556 bits per heavy atom. The minimum absolute atomic E-state index is 0.0795.